The molecule has 2 N–H and O–H groups in total. The quantitative estimate of drug-likeness (QED) is 0.590. The molecule has 0 saturated carbocycles. The Kier molecular flexibility index (Phi) is 8.19. The van der Waals surface area contributed by atoms with E-state index in [2.05, 4.69) is 15.9 Å². The molecule has 32 heavy (non-hydrogen) atoms. The van der Waals surface area contributed by atoms with Crippen LogP contribution in [0.1, 0.15) is 33.5 Å². The summed E-state index contributed by atoms with van der Waals surface area (Å²) in [6, 6.07) is 3.92. The third kappa shape index (κ3) is 4.34. The minimum absolute atomic E-state index is 0. The number of halogens is 1. The number of rotatable bonds is 6. The van der Waals surface area contributed by atoms with Crippen molar-refractivity contribution in [2.24, 2.45) is 0 Å². The van der Waals surface area contributed by atoms with Crippen LogP contribution >= 0.6 is 23.4 Å². The molecule has 1 amide bonds. The number of carbonyl (C=O) groups is 1. The van der Waals surface area contributed by atoms with Crippen LogP contribution in [0.3, 0.4) is 0 Å². The predicted molar refractivity (Wildman–Crippen MR) is 120 cm³/mol. The average Bonchev–Trinajstić information content (AvgIpc) is 3.25. The van der Waals surface area contributed by atoms with Crippen molar-refractivity contribution in [2.75, 3.05) is 4.72 Å². The molecule has 2 heterocycles. The Hall–Kier alpha value is -1.48. The molecule has 1 aromatic carbocycles. The van der Waals surface area contributed by atoms with Crippen molar-refractivity contribution in [3.8, 4) is 6.07 Å². The van der Waals surface area contributed by atoms with Gasteiger partial charge in [-0.05, 0) is 60.9 Å². The van der Waals surface area contributed by atoms with E-state index < -0.39 is 25.9 Å². The number of carbonyl (C=O) groups excluding carboxylic acids is 1. The predicted octanol–water partition coefficient (Wildman–Crippen LogP) is 1.48. The van der Waals surface area contributed by atoms with Crippen LogP contribution in [-0.4, -0.2) is 24.7 Å². The summed E-state index contributed by atoms with van der Waals surface area (Å²) in [6.45, 7) is 6.93. The van der Waals surface area contributed by atoms with Crippen LogP contribution in [0.2, 0.25) is 5.02 Å². The fourth-order valence-electron chi connectivity index (χ4n) is 4.00. The Labute approximate surface area is 218 Å². The van der Waals surface area contributed by atoms with Crippen LogP contribution in [0.5, 0.6) is 0 Å². The summed E-state index contributed by atoms with van der Waals surface area (Å²) in [5.74, 6) is -1.31. The zero-order valence-electron chi connectivity index (χ0n) is 18.2. The van der Waals surface area contributed by atoms with Gasteiger partial charge in [-0.1, -0.05) is 28.9 Å². The fraction of sp³-hybridized carbons (Fsp3) is 0.350. The van der Waals surface area contributed by atoms with Gasteiger partial charge in [-0.15, -0.1) is 11.8 Å². The third-order valence-corrected chi connectivity index (χ3v) is 8.92. The Morgan fingerprint density at radius 3 is 2.56 bits per heavy atom. The number of nitrogens with zero attached hydrogens (tertiary/aromatic N) is 2. The van der Waals surface area contributed by atoms with Crippen molar-refractivity contribution in [2.45, 2.75) is 44.1 Å². The van der Waals surface area contributed by atoms with Gasteiger partial charge in [0.15, 0.2) is 0 Å². The van der Waals surface area contributed by atoms with Gasteiger partial charge in [0.1, 0.15) is 20.7 Å². The molecule has 164 valence electrons. The normalized spacial score (nSPS) is 19.9. The molecule has 1 aliphatic heterocycles. The van der Waals surface area contributed by atoms with Crippen molar-refractivity contribution < 1.29 is 47.3 Å². The van der Waals surface area contributed by atoms with Gasteiger partial charge in [0.05, 0.1) is 18.4 Å². The van der Waals surface area contributed by atoms with Crippen molar-refractivity contribution in [3.63, 3.8) is 0 Å². The second-order valence-corrected chi connectivity index (χ2v) is 10.6. The Morgan fingerprint density at radius 2 is 2.03 bits per heavy atom. The van der Waals surface area contributed by atoms with Gasteiger partial charge in [-0.25, -0.2) is 13.1 Å². The van der Waals surface area contributed by atoms with E-state index in [1.54, 1.807) is 20.8 Å². The molecule has 12 heteroatoms. The van der Waals surface area contributed by atoms with Crippen molar-refractivity contribution >= 4 is 45.2 Å². The second-order valence-electron chi connectivity index (χ2n) is 7.31. The van der Waals surface area contributed by atoms with Crippen LogP contribution in [0.4, 0.5) is 5.88 Å². The molecule has 0 spiro atoms. The molecule has 0 fully saturated rings. The summed E-state index contributed by atoms with van der Waals surface area (Å²) in [4.78, 5) is 12.8. The van der Waals surface area contributed by atoms with Crippen LogP contribution in [0.15, 0.2) is 22.1 Å². The summed E-state index contributed by atoms with van der Waals surface area (Å²) >= 11 is 7.02. The first kappa shape index (κ1) is 26.8. The van der Waals surface area contributed by atoms with Crippen LogP contribution in [0, 0.1) is 39.0 Å². The van der Waals surface area contributed by atoms with Gasteiger partial charge >= 0.3 is 29.6 Å². The Morgan fingerprint density at radius 1 is 1.38 bits per heavy atom. The number of aryl methyl sites for hydroxylation is 3. The number of nitriles is 1. The van der Waals surface area contributed by atoms with E-state index >= 15 is 0 Å². The summed E-state index contributed by atoms with van der Waals surface area (Å²) in [6.07, 6.45) is 1.48. The first-order valence-electron chi connectivity index (χ1n) is 9.18. The molecule has 2 unspecified atom stereocenters. The van der Waals surface area contributed by atoms with E-state index in [0.717, 1.165) is 17.3 Å². The number of benzene rings is 1. The monoisotopic (exact) mass is 502 g/mol. The molecule has 3 rings (SSSR count). The minimum Gasteiger partial charge on any atom is -0.666 e. The van der Waals surface area contributed by atoms with Crippen molar-refractivity contribution in [1.29, 1.82) is 5.26 Å². The number of hydrogen-bond donors (Lipinski definition) is 1. The Bertz CT molecular complexity index is 1250. The van der Waals surface area contributed by atoms with E-state index in [-0.39, 0.29) is 46.9 Å². The summed E-state index contributed by atoms with van der Waals surface area (Å²) < 4.78 is 32.2. The zero-order valence-corrected chi connectivity index (χ0v) is 22.6. The fourth-order valence-corrected chi connectivity index (χ4v) is 7.50. The molecule has 0 bridgehead atoms. The molecular formula is C20H20ClN4NaO4S2. The number of anilines is 1. The molecular weight excluding hydrogens is 483 g/mol. The average molecular weight is 503 g/mol. The molecule has 0 aliphatic carbocycles. The van der Waals surface area contributed by atoms with E-state index in [1.165, 1.54) is 11.5 Å². The first-order valence-corrected chi connectivity index (χ1v) is 12.0. The summed E-state index contributed by atoms with van der Waals surface area (Å²) in [5.41, 5.74) is 11.7. The number of amides is 1. The molecule has 0 radical (unpaired) electrons. The number of thioether (sulfide) groups is 1. The van der Waals surface area contributed by atoms with Gasteiger partial charge in [-0.2, -0.15) is 5.26 Å². The smallest absolute Gasteiger partial charge is 0.666 e. The summed E-state index contributed by atoms with van der Waals surface area (Å²) in [7, 11) is -4.27. The largest absolute Gasteiger partial charge is 1.00 e. The van der Waals surface area contributed by atoms with Crippen LogP contribution < -0.4 is 34.3 Å². The van der Waals surface area contributed by atoms with E-state index in [1.807, 2.05) is 13.0 Å². The number of aromatic nitrogens is 1. The number of sulfonamides is 1. The van der Waals surface area contributed by atoms with Gasteiger partial charge < -0.3 is 15.1 Å². The topological polar surface area (TPSA) is 137 Å². The SMILES string of the molecule is Cc1cc(C)c(C2(C([NH-])=O)SC=CC2S(=O)(=O)Nc2onc(C)c2Cl)c(C)c1CC#N.[Na+]. The van der Waals surface area contributed by atoms with E-state index in [9.17, 15) is 18.5 Å². The Balaban J connectivity index is 0.00000363. The number of hydrogen-bond acceptors (Lipinski definition) is 7. The molecule has 8 nitrogen and oxygen atoms in total. The zero-order chi connectivity index (χ0) is 23.1. The van der Waals surface area contributed by atoms with Crippen molar-refractivity contribution in [1.82, 2.24) is 5.16 Å². The molecule has 2 aromatic rings. The number of nitrogens with one attached hydrogen (secondary N) is 2. The van der Waals surface area contributed by atoms with Crippen LogP contribution in [-0.2, 0) is 26.0 Å². The minimum atomic E-state index is -4.27. The van der Waals surface area contributed by atoms with Gasteiger partial charge in [0.2, 0.25) is 10.0 Å². The maximum absolute atomic E-state index is 13.3. The molecule has 1 aromatic heterocycles. The standard InChI is InChI=1S/C20H21ClN4O4S2.Na/c1-10-9-11(2)16(12(3)14(10)5-7-22)20(19(23)26)15(6-8-30-20)31(27,28)25-18-17(21)13(4)24-29-18;/h6,8-9,15H,5H2,1-4H3,(H3,23,24,25,26);/q;+1/p-1. The maximum atomic E-state index is 13.3. The van der Waals surface area contributed by atoms with E-state index in [0.29, 0.717) is 27.9 Å². The molecule has 2 atom stereocenters. The van der Waals surface area contributed by atoms with Gasteiger partial charge in [0, 0.05) is 0 Å². The second kappa shape index (κ2) is 9.79. The van der Waals surface area contributed by atoms with E-state index in [4.69, 9.17) is 21.9 Å². The third-order valence-electron chi connectivity index (χ3n) is 5.36. The summed E-state index contributed by atoms with van der Waals surface area (Å²) in [5, 5.41) is 13.0. The molecule has 1 aliphatic rings. The van der Waals surface area contributed by atoms with Crippen molar-refractivity contribution in [3.05, 3.63) is 61.8 Å². The van der Waals surface area contributed by atoms with Gasteiger partial charge in [0.25, 0.3) is 5.88 Å². The van der Waals surface area contributed by atoms with Crippen LogP contribution in [0.25, 0.3) is 5.73 Å². The first-order chi connectivity index (χ1) is 14.5. The molecule has 0 saturated heterocycles. The maximum Gasteiger partial charge on any atom is 1.00 e. The van der Waals surface area contributed by atoms with Gasteiger partial charge in [-0.3, -0.25) is 0 Å².